The van der Waals surface area contributed by atoms with Gasteiger partial charge in [0.15, 0.2) is 0 Å². The number of sulfonamides is 1. The van der Waals surface area contributed by atoms with Gasteiger partial charge >= 0.3 is 0 Å². The Morgan fingerprint density at radius 2 is 1.63 bits per heavy atom. The highest BCUT2D eigenvalue weighted by molar-refractivity contribution is 7.98. The number of rotatable bonds is 6. The average molecular weight is 445 g/mol. The van der Waals surface area contributed by atoms with Gasteiger partial charge in [-0.05, 0) is 29.8 Å². The lowest BCUT2D eigenvalue weighted by Gasteiger charge is -2.34. The lowest BCUT2D eigenvalue weighted by Crippen LogP contribution is -2.49. The molecule has 1 fully saturated rings. The minimum atomic E-state index is -3.63. The molecular weight excluding hydrogens is 423 g/mol. The van der Waals surface area contributed by atoms with Crippen LogP contribution in [0.2, 0.25) is 0 Å². The zero-order valence-electron chi connectivity index (χ0n) is 16.2. The maximum Gasteiger partial charge on any atom is 0.243 e. The Kier molecular flexibility index (Phi) is 6.31. The monoisotopic (exact) mass is 444 g/mol. The molecule has 2 heterocycles. The summed E-state index contributed by atoms with van der Waals surface area (Å²) in [6.07, 6.45) is 3.45. The molecule has 3 aromatic rings. The van der Waals surface area contributed by atoms with E-state index in [1.54, 1.807) is 24.2 Å². The van der Waals surface area contributed by atoms with Crippen LogP contribution in [0.4, 0.5) is 10.2 Å². The molecule has 1 saturated heterocycles. The molecular formula is C21H21FN4O2S2. The molecule has 156 valence electrons. The lowest BCUT2D eigenvalue weighted by molar-refractivity contribution is 0.383. The zero-order valence-corrected chi connectivity index (χ0v) is 17.8. The van der Waals surface area contributed by atoms with E-state index in [9.17, 15) is 12.8 Å². The van der Waals surface area contributed by atoms with E-state index in [0.717, 1.165) is 28.7 Å². The summed E-state index contributed by atoms with van der Waals surface area (Å²) in [6, 6.07) is 15.1. The number of piperazine rings is 1. The summed E-state index contributed by atoms with van der Waals surface area (Å²) in [7, 11) is -3.63. The lowest BCUT2D eigenvalue weighted by atomic mass is 10.2. The molecule has 4 rings (SSSR count). The first-order valence-electron chi connectivity index (χ1n) is 9.52. The van der Waals surface area contributed by atoms with Crippen molar-refractivity contribution in [1.29, 1.82) is 0 Å². The van der Waals surface area contributed by atoms with Crippen molar-refractivity contribution in [3.05, 3.63) is 78.4 Å². The highest BCUT2D eigenvalue weighted by atomic mass is 32.2. The topological polar surface area (TPSA) is 66.4 Å². The predicted octanol–water partition coefficient (Wildman–Crippen LogP) is 3.42. The number of halogens is 1. The third-order valence-electron chi connectivity index (χ3n) is 4.84. The fourth-order valence-corrected chi connectivity index (χ4v) is 5.43. The molecule has 0 spiro atoms. The summed E-state index contributed by atoms with van der Waals surface area (Å²) < 4.78 is 40.1. The summed E-state index contributed by atoms with van der Waals surface area (Å²) in [5.74, 6) is 1.09. The third kappa shape index (κ3) is 4.80. The summed E-state index contributed by atoms with van der Waals surface area (Å²) in [5, 5.41) is 0.831. The summed E-state index contributed by atoms with van der Waals surface area (Å²) in [5.41, 5.74) is 1.22. The van der Waals surface area contributed by atoms with Gasteiger partial charge in [0.2, 0.25) is 10.0 Å². The largest absolute Gasteiger partial charge is 0.353 e. The van der Waals surface area contributed by atoms with Crippen molar-refractivity contribution in [2.45, 2.75) is 15.7 Å². The van der Waals surface area contributed by atoms with Crippen molar-refractivity contribution >= 4 is 27.6 Å². The van der Waals surface area contributed by atoms with Gasteiger partial charge in [-0.3, -0.25) is 4.98 Å². The molecule has 0 unspecified atom stereocenters. The number of nitrogens with zero attached hydrogens (tertiary/aromatic N) is 4. The molecule has 1 aliphatic rings. The molecule has 0 saturated carbocycles. The Morgan fingerprint density at radius 3 is 2.33 bits per heavy atom. The number of hydrogen-bond acceptors (Lipinski definition) is 6. The standard InChI is InChI=1S/C21H21FN4O2S2/c22-18-6-8-19(9-7-18)30(27,28)26-12-10-25(11-13-26)20-14-23-15-21(24-20)29-16-17-4-2-1-3-5-17/h1-9,14-15H,10-13,16H2. The van der Waals surface area contributed by atoms with Crippen LogP contribution in [-0.2, 0) is 15.8 Å². The van der Waals surface area contributed by atoms with Crippen LogP contribution >= 0.6 is 11.8 Å². The van der Waals surface area contributed by atoms with Crippen molar-refractivity contribution in [2.24, 2.45) is 0 Å². The van der Waals surface area contributed by atoms with Gasteiger partial charge in [0.05, 0.1) is 17.3 Å². The maximum atomic E-state index is 13.1. The van der Waals surface area contributed by atoms with E-state index in [1.165, 1.54) is 22.0 Å². The van der Waals surface area contributed by atoms with Crippen LogP contribution in [0.3, 0.4) is 0 Å². The van der Waals surface area contributed by atoms with Gasteiger partial charge < -0.3 is 4.90 Å². The smallest absolute Gasteiger partial charge is 0.243 e. The molecule has 9 heteroatoms. The van der Waals surface area contributed by atoms with Crippen molar-refractivity contribution in [1.82, 2.24) is 14.3 Å². The van der Waals surface area contributed by atoms with Crippen LogP contribution in [0, 0.1) is 5.82 Å². The molecule has 1 aliphatic heterocycles. The van der Waals surface area contributed by atoms with Gasteiger partial charge in [0.25, 0.3) is 0 Å². The Bertz CT molecular complexity index is 1090. The first-order valence-corrected chi connectivity index (χ1v) is 11.9. The molecule has 0 radical (unpaired) electrons. The SMILES string of the molecule is O=S(=O)(c1ccc(F)cc1)N1CCN(c2cncc(SCc3ccccc3)n2)CC1. The molecule has 0 amide bonds. The van der Waals surface area contributed by atoms with Gasteiger partial charge in [-0.15, -0.1) is 11.8 Å². The van der Waals surface area contributed by atoms with Crippen LogP contribution in [0.1, 0.15) is 5.56 Å². The van der Waals surface area contributed by atoms with E-state index in [1.807, 2.05) is 23.1 Å². The second kappa shape index (κ2) is 9.11. The van der Waals surface area contributed by atoms with E-state index in [-0.39, 0.29) is 4.90 Å². The van der Waals surface area contributed by atoms with Gasteiger partial charge in [0, 0.05) is 31.9 Å². The van der Waals surface area contributed by atoms with Crippen molar-refractivity contribution < 1.29 is 12.8 Å². The molecule has 30 heavy (non-hydrogen) atoms. The van der Waals surface area contributed by atoms with Crippen LogP contribution < -0.4 is 4.90 Å². The average Bonchev–Trinajstić information content (AvgIpc) is 2.79. The summed E-state index contributed by atoms with van der Waals surface area (Å²) in [4.78, 5) is 11.1. The van der Waals surface area contributed by atoms with Gasteiger partial charge in [0.1, 0.15) is 16.7 Å². The maximum absolute atomic E-state index is 13.1. The van der Waals surface area contributed by atoms with Gasteiger partial charge in [-0.2, -0.15) is 4.31 Å². The number of benzene rings is 2. The van der Waals surface area contributed by atoms with Gasteiger partial charge in [-0.1, -0.05) is 30.3 Å². The number of aromatic nitrogens is 2. The zero-order chi connectivity index (χ0) is 21.0. The van der Waals surface area contributed by atoms with E-state index in [2.05, 4.69) is 22.1 Å². The molecule has 0 aliphatic carbocycles. The fraction of sp³-hybridized carbons (Fsp3) is 0.238. The second-order valence-electron chi connectivity index (χ2n) is 6.83. The normalized spacial score (nSPS) is 15.3. The van der Waals surface area contributed by atoms with Crippen molar-refractivity contribution in [3.8, 4) is 0 Å². The van der Waals surface area contributed by atoms with Gasteiger partial charge in [-0.25, -0.2) is 17.8 Å². The van der Waals surface area contributed by atoms with E-state index < -0.39 is 15.8 Å². The Labute approximate surface area is 179 Å². The molecule has 0 bridgehead atoms. The molecule has 2 aromatic carbocycles. The highest BCUT2D eigenvalue weighted by Crippen LogP contribution is 2.24. The minimum Gasteiger partial charge on any atom is -0.353 e. The molecule has 6 nitrogen and oxygen atoms in total. The minimum absolute atomic E-state index is 0.108. The number of anilines is 1. The number of hydrogen-bond donors (Lipinski definition) is 0. The fourth-order valence-electron chi connectivity index (χ4n) is 3.20. The van der Waals surface area contributed by atoms with E-state index in [0.29, 0.717) is 26.2 Å². The van der Waals surface area contributed by atoms with Crippen molar-refractivity contribution in [2.75, 3.05) is 31.1 Å². The Morgan fingerprint density at radius 1 is 0.933 bits per heavy atom. The molecule has 1 aromatic heterocycles. The Balaban J connectivity index is 1.38. The first-order chi connectivity index (χ1) is 14.5. The molecule has 0 N–H and O–H groups in total. The van der Waals surface area contributed by atoms with E-state index in [4.69, 9.17) is 0 Å². The Hall–Kier alpha value is -2.49. The van der Waals surface area contributed by atoms with E-state index >= 15 is 0 Å². The quantitative estimate of drug-likeness (QED) is 0.543. The van der Waals surface area contributed by atoms with Crippen molar-refractivity contribution in [3.63, 3.8) is 0 Å². The number of thioether (sulfide) groups is 1. The second-order valence-corrected chi connectivity index (χ2v) is 9.77. The van der Waals surface area contributed by atoms with Crippen LogP contribution in [0.15, 0.2) is 76.9 Å². The highest BCUT2D eigenvalue weighted by Gasteiger charge is 2.29. The van der Waals surface area contributed by atoms with Crippen LogP contribution in [0.5, 0.6) is 0 Å². The summed E-state index contributed by atoms with van der Waals surface area (Å²) >= 11 is 1.62. The summed E-state index contributed by atoms with van der Waals surface area (Å²) in [6.45, 7) is 1.70. The van der Waals surface area contributed by atoms with Crippen LogP contribution in [0.25, 0.3) is 0 Å². The predicted molar refractivity (Wildman–Crippen MR) is 115 cm³/mol. The third-order valence-corrected chi connectivity index (χ3v) is 7.73. The molecule has 0 atom stereocenters. The first kappa shape index (κ1) is 20.8. The van der Waals surface area contributed by atoms with Crippen LogP contribution in [-0.4, -0.2) is 48.9 Å².